The van der Waals surface area contributed by atoms with Gasteiger partial charge in [0.25, 0.3) is 0 Å². The monoisotopic (exact) mass is 455 g/mol. The SMILES string of the molecule is COc1ccc([C@@H](Nc2ccccc2)[C@@H](C)c2ccccc2S(=O)c2ccc(C)cc2)cc1. The fourth-order valence-corrected chi connectivity index (χ4v) is 5.32. The molecule has 0 aliphatic carbocycles. The number of para-hydroxylation sites is 1. The van der Waals surface area contributed by atoms with Crippen LogP contribution in [0.15, 0.2) is 113 Å². The van der Waals surface area contributed by atoms with Gasteiger partial charge in [0, 0.05) is 21.4 Å². The van der Waals surface area contributed by atoms with Gasteiger partial charge in [-0.15, -0.1) is 0 Å². The van der Waals surface area contributed by atoms with Crippen molar-refractivity contribution in [3.63, 3.8) is 0 Å². The fourth-order valence-electron chi connectivity index (χ4n) is 4.02. The summed E-state index contributed by atoms with van der Waals surface area (Å²) in [5, 5.41) is 3.70. The van der Waals surface area contributed by atoms with Crippen LogP contribution in [0, 0.1) is 6.92 Å². The van der Waals surface area contributed by atoms with E-state index in [1.54, 1.807) is 7.11 Å². The highest BCUT2D eigenvalue weighted by Gasteiger charge is 2.25. The highest BCUT2D eigenvalue weighted by atomic mass is 32.2. The quantitative estimate of drug-likeness (QED) is 0.307. The molecule has 0 fully saturated rings. The lowest BCUT2D eigenvalue weighted by atomic mass is 9.88. The third kappa shape index (κ3) is 5.35. The van der Waals surface area contributed by atoms with E-state index < -0.39 is 10.8 Å². The van der Waals surface area contributed by atoms with Gasteiger partial charge in [-0.25, -0.2) is 4.21 Å². The zero-order valence-electron chi connectivity index (χ0n) is 19.2. The minimum absolute atomic E-state index is 0.0190. The van der Waals surface area contributed by atoms with Crippen LogP contribution in [0.2, 0.25) is 0 Å². The van der Waals surface area contributed by atoms with Crippen molar-refractivity contribution in [1.29, 1.82) is 0 Å². The lowest BCUT2D eigenvalue weighted by molar-refractivity contribution is 0.414. The second-order valence-corrected chi connectivity index (χ2v) is 9.62. The van der Waals surface area contributed by atoms with Gasteiger partial charge in [-0.05, 0) is 60.5 Å². The predicted molar refractivity (Wildman–Crippen MR) is 137 cm³/mol. The Kier molecular flexibility index (Phi) is 7.26. The first-order valence-electron chi connectivity index (χ1n) is 11.1. The van der Waals surface area contributed by atoms with Crippen molar-refractivity contribution in [3.8, 4) is 5.75 Å². The van der Waals surface area contributed by atoms with Crippen molar-refractivity contribution in [3.05, 3.63) is 120 Å². The first kappa shape index (κ1) is 22.8. The normalized spacial score (nSPS) is 13.7. The Labute approximate surface area is 198 Å². The topological polar surface area (TPSA) is 38.3 Å². The van der Waals surface area contributed by atoms with E-state index >= 15 is 0 Å². The number of anilines is 1. The highest BCUT2D eigenvalue weighted by Crippen LogP contribution is 2.37. The number of nitrogens with one attached hydrogen (secondary N) is 1. The van der Waals surface area contributed by atoms with Gasteiger partial charge in [-0.2, -0.15) is 0 Å². The summed E-state index contributed by atoms with van der Waals surface area (Å²) in [6, 6.07) is 34.3. The molecular weight excluding hydrogens is 426 g/mol. The molecule has 168 valence electrons. The molecule has 0 aliphatic rings. The molecular formula is C29H29NO2S. The molecule has 1 N–H and O–H groups in total. The van der Waals surface area contributed by atoms with Crippen LogP contribution in [0.5, 0.6) is 5.75 Å². The zero-order valence-corrected chi connectivity index (χ0v) is 20.0. The Morgan fingerprint density at radius 3 is 2.09 bits per heavy atom. The smallest absolute Gasteiger partial charge is 0.118 e. The minimum Gasteiger partial charge on any atom is -0.497 e. The summed E-state index contributed by atoms with van der Waals surface area (Å²) < 4.78 is 18.9. The number of ether oxygens (including phenoxy) is 1. The van der Waals surface area contributed by atoms with Crippen molar-refractivity contribution in [2.24, 2.45) is 0 Å². The van der Waals surface area contributed by atoms with Crippen LogP contribution >= 0.6 is 0 Å². The number of benzene rings is 4. The largest absolute Gasteiger partial charge is 0.497 e. The number of hydrogen-bond donors (Lipinski definition) is 1. The molecule has 0 bridgehead atoms. The van der Waals surface area contributed by atoms with Gasteiger partial charge in [0.1, 0.15) is 5.75 Å². The Hall–Kier alpha value is -3.37. The average Bonchev–Trinajstić information content (AvgIpc) is 2.87. The summed E-state index contributed by atoms with van der Waals surface area (Å²) in [6.07, 6.45) is 0. The first-order chi connectivity index (χ1) is 16.1. The summed E-state index contributed by atoms with van der Waals surface area (Å²) >= 11 is 0. The van der Waals surface area contributed by atoms with Gasteiger partial charge in [0.05, 0.1) is 24.0 Å². The first-order valence-corrected chi connectivity index (χ1v) is 12.2. The van der Waals surface area contributed by atoms with E-state index in [9.17, 15) is 4.21 Å². The number of hydrogen-bond acceptors (Lipinski definition) is 3. The Balaban J connectivity index is 1.73. The third-order valence-electron chi connectivity index (χ3n) is 5.92. The fraction of sp³-hybridized carbons (Fsp3) is 0.172. The van der Waals surface area contributed by atoms with Crippen molar-refractivity contribution in [2.45, 2.75) is 35.6 Å². The Bertz CT molecular complexity index is 1200. The maximum Gasteiger partial charge on any atom is 0.118 e. The van der Waals surface area contributed by atoms with Gasteiger partial charge in [-0.3, -0.25) is 0 Å². The molecule has 1 unspecified atom stereocenters. The second kappa shape index (κ2) is 10.5. The van der Waals surface area contributed by atoms with E-state index in [1.165, 1.54) is 0 Å². The lowest BCUT2D eigenvalue weighted by Crippen LogP contribution is -2.19. The van der Waals surface area contributed by atoms with Crippen molar-refractivity contribution in [1.82, 2.24) is 0 Å². The van der Waals surface area contributed by atoms with Crippen molar-refractivity contribution < 1.29 is 8.95 Å². The van der Waals surface area contributed by atoms with E-state index in [-0.39, 0.29) is 12.0 Å². The molecule has 0 saturated carbocycles. The standard InChI is InChI=1S/C29H29NO2S/c1-21-13-19-26(20-14-21)33(31)28-12-8-7-11-27(28)22(2)29(30-24-9-5-4-6-10-24)23-15-17-25(32-3)18-16-23/h4-20,22,29-30H,1-3H3/t22-,29-,33?/m0/s1. The molecule has 4 rings (SSSR count). The molecule has 4 aromatic rings. The van der Waals surface area contributed by atoms with Gasteiger partial charge in [0.2, 0.25) is 0 Å². The summed E-state index contributed by atoms with van der Waals surface area (Å²) in [6.45, 7) is 4.23. The number of methoxy groups -OCH3 is 1. The van der Waals surface area contributed by atoms with Crippen molar-refractivity contribution >= 4 is 16.5 Å². The Morgan fingerprint density at radius 2 is 1.42 bits per heavy atom. The molecule has 0 heterocycles. The Morgan fingerprint density at radius 1 is 0.788 bits per heavy atom. The van der Waals surface area contributed by atoms with Gasteiger partial charge in [0.15, 0.2) is 0 Å². The second-order valence-electron chi connectivity index (χ2n) is 8.17. The van der Waals surface area contributed by atoms with Crippen LogP contribution in [0.4, 0.5) is 5.69 Å². The van der Waals surface area contributed by atoms with Gasteiger partial charge >= 0.3 is 0 Å². The van der Waals surface area contributed by atoms with Gasteiger partial charge in [-0.1, -0.05) is 73.2 Å². The summed E-state index contributed by atoms with van der Waals surface area (Å²) in [4.78, 5) is 1.67. The molecule has 0 saturated heterocycles. The maximum absolute atomic E-state index is 13.6. The van der Waals surface area contributed by atoms with E-state index in [0.29, 0.717) is 0 Å². The van der Waals surface area contributed by atoms with Crippen LogP contribution in [0.3, 0.4) is 0 Å². The van der Waals surface area contributed by atoms with Gasteiger partial charge < -0.3 is 10.1 Å². The molecule has 0 amide bonds. The molecule has 0 spiro atoms. The molecule has 3 atom stereocenters. The van der Waals surface area contributed by atoms with E-state index in [2.05, 4.69) is 42.6 Å². The molecule has 0 radical (unpaired) electrons. The average molecular weight is 456 g/mol. The number of rotatable bonds is 8. The van der Waals surface area contributed by atoms with E-state index in [1.807, 2.05) is 79.7 Å². The van der Waals surface area contributed by atoms with Crippen LogP contribution in [-0.4, -0.2) is 11.3 Å². The van der Waals surface area contributed by atoms with E-state index in [4.69, 9.17) is 4.74 Å². The summed E-state index contributed by atoms with van der Waals surface area (Å²) in [7, 11) is 0.415. The molecule has 33 heavy (non-hydrogen) atoms. The van der Waals surface area contributed by atoms with Crippen LogP contribution in [0.1, 0.15) is 35.6 Å². The molecule has 4 aromatic carbocycles. The molecule has 0 aromatic heterocycles. The van der Waals surface area contributed by atoms with Crippen LogP contribution in [-0.2, 0) is 10.8 Å². The number of aryl methyl sites for hydroxylation is 1. The molecule has 4 heteroatoms. The lowest BCUT2D eigenvalue weighted by Gasteiger charge is -2.28. The van der Waals surface area contributed by atoms with Crippen LogP contribution < -0.4 is 10.1 Å². The summed E-state index contributed by atoms with van der Waals surface area (Å²) in [5.41, 5.74) is 4.41. The van der Waals surface area contributed by atoms with E-state index in [0.717, 1.165) is 37.9 Å². The maximum atomic E-state index is 13.6. The zero-order chi connectivity index (χ0) is 23.2. The summed E-state index contributed by atoms with van der Waals surface area (Å²) in [5.74, 6) is 0.884. The molecule has 0 aliphatic heterocycles. The van der Waals surface area contributed by atoms with Crippen molar-refractivity contribution in [2.75, 3.05) is 12.4 Å². The molecule has 3 nitrogen and oxygen atoms in total. The predicted octanol–water partition coefficient (Wildman–Crippen LogP) is 7.13. The highest BCUT2D eigenvalue weighted by molar-refractivity contribution is 7.85. The minimum atomic E-state index is -1.26. The van der Waals surface area contributed by atoms with Crippen LogP contribution in [0.25, 0.3) is 0 Å². The third-order valence-corrected chi connectivity index (χ3v) is 7.39.